The maximum absolute atomic E-state index is 6.02. The van der Waals surface area contributed by atoms with Crippen molar-refractivity contribution >= 4 is 23.4 Å². The minimum Gasteiger partial charge on any atom is -0.376 e. The molecule has 3 heterocycles. The van der Waals surface area contributed by atoms with Crippen molar-refractivity contribution in [3.05, 3.63) is 46.9 Å². The third-order valence-electron chi connectivity index (χ3n) is 5.09. The van der Waals surface area contributed by atoms with E-state index in [9.17, 15) is 0 Å². The lowest BCUT2D eigenvalue weighted by Gasteiger charge is -2.19. The van der Waals surface area contributed by atoms with Gasteiger partial charge in [-0.05, 0) is 43.8 Å². The Hall–Kier alpha value is -1.87. The van der Waals surface area contributed by atoms with Crippen LogP contribution in [0.15, 0.2) is 35.6 Å². The van der Waals surface area contributed by atoms with E-state index in [1.807, 2.05) is 36.7 Å². The molecule has 0 spiro atoms. The van der Waals surface area contributed by atoms with Gasteiger partial charge in [-0.2, -0.15) is 5.10 Å². The van der Waals surface area contributed by atoms with Gasteiger partial charge in [0.1, 0.15) is 5.82 Å². The van der Waals surface area contributed by atoms with Crippen molar-refractivity contribution in [3.8, 4) is 11.3 Å². The highest BCUT2D eigenvalue weighted by molar-refractivity contribution is 7.98. The average Bonchev–Trinajstić information content (AvgIpc) is 3.46. The Morgan fingerprint density at radius 3 is 2.83 bits per heavy atom. The minimum atomic E-state index is 0.256. The third-order valence-corrected chi connectivity index (χ3v) is 6.01. The van der Waals surface area contributed by atoms with Crippen LogP contribution in [0.3, 0.4) is 0 Å². The van der Waals surface area contributed by atoms with E-state index in [-0.39, 0.29) is 6.10 Å². The summed E-state index contributed by atoms with van der Waals surface area (Å²) in [5.74, 6) is 0.962. The van der Waals surface area contributed by atoms with Crippen LogP contribution >= 0.6 is 23.4 Å². The third kappa shape index (κ3) is 4.83. The summed E-state index contributed by atoms with van der Waals surface area (Å²) < 4.78 is 8.02. The molecule has 1 saturated heterocycles. The summed E-state index contributed by atoms with van der Waals surface area (Å²) >= 11 is 7.64. The normalized spacial score (nSPS) is 16.8. The molecule has 0 radical (unpaired) electrons. The summed E-state index contributed by atoms with van der Waals surface area (Å²) in [6, 6.07) is 7.79. The molecule has 0 unspecified atom stereocenters. The van der Waals surface area contributed by atoms with Gasteiger partial charge in [-0.15, -0.1) is 10.2 Å². The van der Waals surface area contributed by atoms with Gasteiger partial charge in [-0.25, -0.2) is 0 Å². The first-order chi connectivity index (χ1) is 14.1. The molecule has 1 atom stereocenters. The summed E-state index contributed by atoms with van der Waals surface area (Å²) in [6.45, 7) is 3.11. The van der Waals surface area contributed by atoms with Crippen molar-refractivity contribution in [2.75, 3.05) is 19.9 Å². The average molecular weight is 433 g/mol. The molecule has 1 aromatic carbocycles. The quantitative estimate of drug-likeness (QED) is 0.545. The number of nitrogens with one attached hydrogen (secondary N) is 1. The first kappa shape index (κ1) is 20.4. The largest absolute Gasteiger partial charge is 0.376 e. The number of benzene rings is 1. The summed E-state index contributed by atoms with van der Waals surface area (Å²) in [4.78, 5) is 2.23. The highest BCUT2D eigenvalue weighted by Gasteiger charge is 2.21. The van der Waals surface area contributed by atoms with Crippen LogP contribution in [0.2, 0.25) is 5.02 Å². The fourth-order valence-corrected chi connectivity index (χ4v) is 4.30. The van der Waals surface area contributed by atoms with Gasteiger partial charge in [0.2, 0.25) is 0 Å². The number of H-pyrrole nitrogens is 1. The number of hydrogen-bond donors (Lipinski definition) is 1. The van der Waals surface area contributed by atoms with E-state index < -0.39 is 0 Å². The molecular formula is C20H25ClN6OS. The summed E-state index contributed by atoms with van der Waals surface area (Å²) in [5, 5.41) is 17.8. The molecule has 1 aliphatic heterocycles. The van der Waals surface area contributed by atoms with Crippen LogP contribution in [-0.4, -0.2) is 55.9 Å². The predicted molar refractivity (Wildman–Crippen MR) is 115 cm³/mol. The Labute approximate surface area is 179 Å². The van der Waals surface area contributed by atoms with Crippen LogP contribution in [0.1, 0.15) is 24.2 Å². The van der Waals surface area contributed by atoms with Crippen LogP contribution in [0.5, 0.6) is 0 Å². The second-order valence-electron chi connectivity index (χ2n) is 7.30. The van der Waals surface area contributed by atoms with Gasteiger partial charge in [-0.1, -0.05) is 35.5 Å². The number of aromatic amines is 1. The van der Waals surface area contributed by atoms with E-state index in [1.54, 1.807) is 11.8 Å². The molecule has 1 N–H and O–H groups in total. The zero-order chi connectivity index (χ0) is 20.2. The van der Waals surface area contributed by atoms with Crippen molar-refractivity contribution in [2.24, 2.45) is 0 Å². The van der Waals surface area contributed by atoms with Crippen LogP contribution in [0, 0.1) is 0 Å². The number of aromatic nitrogens is 5. The molecule has 0 aliphatic carbocycles. The molecule has 4 rings (SSSR count). The number of ether oxygens (including phenoxy) is 1. The SMILES string of the molecule is CSc1nnc(CN(C)Cc2cn[nH]c2-c2ccc(Cl)cc2)n1C[C@H]1CCCO1. The van der Waals surface area contributed by atoms with Gasteiger partial charge in [0.05, 0.1) is 31.1 Å². The fraction of sp³-hybridized carbons (Fsp3) is 0.450. The molecule has 1 aliphatic rings. The molecule has 154 valence electrons. The van der Waals surface area contributed by atoms with Gasteiger partial charge in [-0.3, -0.25) is 10.00 Å². The van der Waals surface area contributed by atoms with E-state index in [4.69, 9.17) is 16.3 Å². The zero-order valence-corrected chi connectivity index (χ0v) is 18.2. The molecule has 1 fully saturated rings. The van der Waals surface area contributed by atoms with Gasteiger partial charge < -0.3 is 9.30 Å². The fourth-order valence-electron chi connectivity index (χ4n) is 3.65. The van der Waals surface area contributed by atoms with Crippen LogP contribution in [0.4, 0.5) is 0 Å². The second kappa shape index (κ2) is 9.30. The first-order valence-electron chi connectivity index (χ1n) is 9.68. The number of thioether (sulfide) groups is 1. The van der Waals surface area contributed by atoms with Crippen molar-refractivity contribution in [1.29, 1.82) is 0 Å². The molecule has 0 amide bonds. The summed E-state index contributed by atoms with van der Waals surface area (Å²) in [5.41, 5.74) is 3.21. The van der Waals surface area contributed by atoms with Crippen LogP contribution in [-0.2, 0) is 24.4 Å². The van der Waals surface area contributed by atoms with E-state index in [0.717, 1.165) is 65.4 Å². The van der Waals surface area contributed by atoms with Gasteiger partial charge in [0.15, 0.2) is 5.16 Å². The Bertz CT molecular complexity index is 935. The van der Waals surface area contributed by atoms with E-state index in [2.05, 4.69) is 36.9 Å². The van der Waals surface area contributed by atoms with E-state index >= 15 is 0 Å². The van der Waals surface area contributed by atoms with Gasteiger partial charge in [0, 0.05) is 23.7 Å². The lowest BCUT2D eigenvalue weighted by Crippen LogP contribution is -2.23. The van der Waals surface area contributed by atoms with Crippen molar-refractivity contribution < 1.29 is 4.74 Å². The Morgan fingerprint density at radius 2 is 2.10 bits per heavy atom. The number of halogens is 1. The standard InChI is InChI=1S/C20H25ClN6OS/c1-26(11-15-10-22-24-19(15)14-5-7-16(21)8-6-14)13-18-23-25-20(29-2)27(18)12-17-4-3-9-28-17/h5-8,10,17H,3-4,9,11-13H2,1-2H3,(H,22,24)/t17-/m1/s1. The van der Waals surface area contributed by atoms with E-state index in [0.29, 0.717) is 6.54 Å². The van der Waals surface area contributed by atoms with Gasteiger partial charge >= 0.3 is 0 Å². The molecule has 3 aromatic rings. The molecule has 0 saturated carbocycles. The molecule has 0 bridgehead atoms. The molecule has 2 aromatic heterocycles. The van der Waals surface area contributed by atoms with Crippen molar-refractivity contribution in [1.82, 2.24) is 29.9 Å². The van der Waals surface area contributed by atoms with Crippen molar-refractivity contribution in [3.63, 3.8) is 0 Å². The second-order valence-corrected chi connectivity index (χ2v) is 8.51. The first-order valence-corrected chi connectivity index (χ1v) is 11.3. The van der Waals surface area contributed by atoms with Crippen LogP contribution < -0.4 is 0 Å². The number of hydrogen-bond acceptors (Lipinski definition) is 6. The lowest BCUT2D eigenvalue weighted by molar-refractivity contribution is 0.0934. The Balaban J connectivity index is 1.47. The Morgan fingerprint density at radius 1 is 1.28 bits per heavy atom. The molecule has 7 nitrogen and oxygen atoms in total. The number of nitrogens with zero attached hydrogens (tertiary/aromatic N) is 5. The minimum absolute atomic E-state index is 0.256. The number of rotatable bonds is 8. The van der Waals surface area contributed by atoms with Crippen molar-refractivity contribution in [2.45, 2.75) is 43.7 Å². The maximum atomic E-state index is 6.02. The smallest absolute Gasteiger partial charge is 0.191 e. The lowest BCUT2D eigenvalue weighted by atomic mass is 10.1. The predicted octanol–water partition coefficient (Wildman–Crippen LogP) is 3.85. The summed E-state index contributed by atoms with van der Waals surface area (Å²) in [6.07, 6.45) is 6.40. The topological polar surface area (TPSA) is 71.9 Å². The zero-order valence-electron chi connectivity index (χ0n) is 16.6. The van der Waals surface area contributed by atoms with Crippen LogP contribution in [0.25, 0.3) is 11.3 Å². The molecule has 29 heavy (non-hydrogen) atoms. The highest BCUT2D eigenvalue weighted by Crippen LogP contribution is 2.25. The van der Waals surface area contributed by atoms with Gasteiger partial charge in [0.25, 0.3) is 0 Å². The summed E-state index contributed by atoms with van der Waals surface area (Å²) in [7, 11) is 2.09. The molecule has 9 heteroatoms. The Kier molecular flexibility index (Phi) is 6.54. The monoisotopic (exact) mass is 432 g/mol. The van der Waals surface area contributed by atoms with E-state index in [1.165, 1.54) is 0 Å². The highest BCUT2D eigenvalue weighted by atomic mass is 35.5. The molecular weight excluding hydrogens is 408 g/mol. The maximum Gasteiger partial charge on any atom is 0.191 e.